The molecular formula is C29H34BrF4N3O2. The van der Waals surface area contributed by atoms with E-state index in [0.29, 0.717) is 25.2 Å². The molecule has 0 saturated heterocycles. The molecule has 0 unspecified atom stereocenters. The average molecular weight is 613 g/mol. The number of ether oxygens (including phenoxy) is 1. The van der Waals surface area contributed by atoms with Gasteiger partial charge in [-0.05, 0) is 93.9 Å². The lowest BCUT2D eigenvalue weighted by molar-refractivity contribution is -0.239. The van der Waals surface area contributed by atoms with Gasteiger partial charge in [0.2, 0.25) is 5.91 Å². The van der Waals surface area contributed by atoms with Gasteiger partial charge < -0.3 is 4.74 Å². The molecule has 0 atom stereocenters. The third kappa shape index (κ3) is 6.01. The van der Waals surface area contributed by atoms with Gasteiger partial charge in [-0.2, -0.15) is 8.78 Å². The van der Waals surface area contributed by atoms with Gasteiger partial charge in [0.25, 0.3) is 5.92 Å². The maximum absolute atomic E-state index is 13.7. The van der Waals surface area contributed by atoms with Gasteiger partial charge in [0.05, 0.1) is 5.60 Å². The smallest absolute Gasteiger partial charge is 0.317 e. The number of hydrogen-bond donors (Lipinski definition) is 0. The number of anilines is 1. The van der Waals surface area contributed by atoms with Gasteiger partial charge >= 0.3 is 6.61 Å². The van der Waals surface area contributed by atoms with Crippen LogP contribution < -0.4 is 4.90 Å². The molecule has 39 heavy (non-hydrogen) atoms. The van der Waals surface area contributed by atoms with Gasteiger partial charge in [0, 0.05) is 53.4 Å². The molecule has 4 fully saturated rings. The summed E-state index contributed by atoms with van der Waals surface area (Å²) in [6, 6.07) is 6.90. The van der Waals surface area contributed by atoms with E-state index in [9.17, 15) is 22.4 Å². The van der Waals surface area contributed by atoms with Crippen molar-refractivity contribution in [2.45, 2.75) is 95.2 Å². The van der Waals surface area contributed by atoms with Gasteiger partial charge in [0.1, 0.15) is 5.82 Å². The highest BCUT2D eigenvalue weighted by Crippen LogP contribution is 2.58. The van der Waals surface area contributed by atoms with Crippen LogP contribution >= 0.6 is 15.9 Å². The van der Waals surface area contributed by atoms with Crippen molar-refractivity contribution in [3.8, 4) is 0 Å². The van der Waals surface area contributed by atoms with Crippen molar-refractivity contribution >= 4 is 27.7 Å². The Morgan fingerprint density at radius 1 is 1.13 bits per heavy atom. The summed E-state index contributed by atoms with van der Waals surface area (Å²) < 4.78 is 58.4. The van der Waals surface area contributed by atoms with E-state index in [1.165, 1.54) is 12.3 Å². The van der Waals surface area contributed by atoms with Crippen LogP contribution in [0.1, 0.15) is 82.9 Å². The number of rotatable bonds is 9. The SMILES string of the molecule is CC1(OC(F)F)CC(CC(=O)N(CC23CCC(c4ccc(C(C)(F)F)cn4)(CC2)CC3)c2cc(Br)ccn2)C1. The molecule has 0 aliphatic heterocycles. The molecule has 2 heterocycles. The molecule has 212 valence electrons. The molecule has 0 radical (unpaired) electrons. The van der Waals surface area contributed by atoms with Gasteiger partial charge in [-0.1, -0.05) is 15.9 Å². The summed E-state index contributed by atoms with van der Waals surface area (Å²) >= 11 is 3.49. The number of carbonyl (C=O) groups is 1. The van der Waals surface area contributed by atoms with E-state index in [1.54, 1.807) is 24.1 Å². The molecule has 6 rings (SSSR count). The number of nitrogens with zero attached hydrogens (tertiary/aromatic N) is 3. The molecular weight excluding hydrogens is 578 g/mol. The largest absolute Gasteiger partial charge is 0.345 e. The van der Waals surface area contributed by atoms with Gasteiger partial charge in [-0.25, -0.2) is 13.8 Å². The minimum Gasteiger partial charge on any atom is -0.317 e. The van der Waals surface area contributed by atoms with Gasteiger partial charge in [-0.3, -0.25) is 14.7 Å². The molecule has 0 spiro atoms. The maximum atomic E-state index is 13.7. The van der Waals surface area contributed by atoms with Crippen molar-refractivity contribution in [2.24, 2.45) is 11.3 Å². The van der Waals surface area contributed by atoms with Crippen LogP contribution in [0.3, 0.4) is 0 Å². The zero-order valence-electron chi connectivity index (χ0n) is 22.2. The summed E-state index contributed by atoms with van der Waals surface area (Å²) in [6.45, 7) is 0.265. The fourth-order valence-electron chi connectivity index (χ4n) is 7.00. The summed E-state index contributed by atoms with van der Waals surface area (Å²) in [5.41, 5.74) is -0.263. The molecule has 2 aromatic rings. The van der Waals surface area contributed by atoms with Crippen LogP contribution in [-0.4, -0.2) is 34.6 Å². The van der Waals surface area contributed by atoms with Crippen LogP contribution in [0.2, 0.25) is 0 Å². The lowest BCUT2D eigenvalue weighted by atomic mass is 9.52. The Balaban J connectivity index is 1.29. The molecule has 4 aliphatic carbocycles. The first-order valence-electron chi connectivity index (χ1n) is 13.5. The van der Waals surface area contributed by atoms with Crippen LogP contribution in [0.15, 0.2) is 41.1 Å². The first-order chi connectivity index (χ1) is 18.3. The number of carbonyl (C=O) groups excluding carboxylic acids is 1. The van der Waals surface area contributed by atoms with Crippen molar-refractivity contribution in [2.75, 3.05) is 11.4 Å². The summed E-state index contributed by atoms with van der Waals surface area (Å²) in [4.78, 5) is 24.4. The maximum Gasteiger partial charge on any atom is 0.345 e. The molecule has 4 aliphatic rings. The second-order valence-electron chi connectivity index (χ2n) is 12.2. The highest BCUT2D eigenvalue weighted by Gasteiger charge is 2.51. The summed E-state index contributed by atoms with van der Waals surface area (Å²) in [7, 11) is 0. The van der Waals surface area contributed by atoms with Crippen molar-refractivity contribution < 1.29 is 27.1 Å². The van der Waals surface area contributed by atoms with Crippen molar-refractivity contribution in [3.63, 3.8) is 0 Å². The third-order valence-electron chi connectivity index (χ3n) is 9.27. The van der Waals surface area contributed by atoms with E-state index in [2.05, 4.69) is 25.9 Å². The third-order valence-corrected chi connectivity index (χ3v) is 9.77. The van der Waals surface area contributed by atoms with Crippen molar-refractivity contribution in [3.05, 3.63) is 52.4 Å². The normalized spacial score (nSPS) is 30.3. The second kappa shape index (κ2) is 10.4. The predicted molar refractivity (Wildman–Crippen MR) is 143 cm³/mol. The molecule has 5 nitrogen and oxygen atoms in total. The quantitative estimate of drug-likeness (QED) is 0.272. The van der Waals surface area contributed by atoms with Gasteiger partial charge in [0.15, 0.2) is 0 Å². The number of fused-ring (bicyclic) bond motifs is 3. The molecule has 2 bridgehead atoms. The first-order valence-corrected chi connectivity index (χ1v) is 14.3. The Kier molecular flexibility index (Phi) is 7.59. The van der Waals surface area contributed by atoms with E-state index in [4.69, 9.17) is 4.74 Å². The van der Waals surface area contributed by atoms with Crippen molar-refractivity contribution in [1.29, 1.82) is 0 Å². The Hall–Kier alpha value is -2.07. The predicted octanol–water partition coefficient (Wildman–Crippen LogP) is 7.77. The monoisotopic (exact) mass is 611 g/mol. The molecule has 4 saturated carbocycles. The van der Waals surface area contributed by atoms with E-state index in [1.807, 2.05) is 12.1 Å². The average Bonchev–Trinajstić information content (AvgIpc) is 2.86. The molecule has 1 amide bonds. The number of alkyl halides is 4. The number of amides is 1. The standard InChI is InChI=1S/C29H34BrF4N3O2/c1-26(39-25(31)32)15-19(16-26)13-24(38)37(23-14-21(30)5-12-35-23)18-28-6-9-29(10-7-28,11-8-28)22-4-3-20(17-36-22)27(2,33)34/h3-5,12,14,17,19,25H,6-11,13,15-16,18H2,1-2H3. The molecule has 10 heteroatoms. The number of halogens is 5. The number of pyridine rings is 2. The van der Waals surface area contributed by atoms with Crippen LogP contribution in [0.5, 0.6) is 0 Å². The fraction of sp³-hybridized carbons (Fsp3) is 0.621. The van der Waals surface area contributed by atoms with E-state index in [0.717, 1.165) is 55.6 Å². The molecule has 0 aromatic carbocycles. The lowest BCUT2D eigenvalue weighted by Gasteiger charge is -2.54. The van der Waals surface area contributed by atoms with E-state index < -0.39 is 18.1 Å². The minimum absolute atomic E-state index is 0.0108. The lowest BCUT2D eigenvalue weighted by Crippen LogP contribution is -2.52. The first kappa shape index (κ1) is 28.5. The van der Waals surface area contributed by atoms with E-state index >= 15 is 0 Å². The summed E-state index contributed by atoms with van der Waals surface area (Å²) in [6.07, 6.45) is 9.46. The highest BCUT2D eigenvalue weighted by molar-refractivity contribution is 9.10. The minimum atomic E-state index is -2.91. The number of hydrogen-bond acceptors (Lipinski definition) is 4. The Morgan fingerprint density at radius 3 is 2.33 bits per heavy atom. The topological polar surface area (TPSA) is 55.3 Å². The fourth-order valence-corrected chi connectivity index (χ4v) is 7.32. The zero-order chi connectivity index (χ0) is 28.1. The number of aromatic nitrogens is 2. The van der Waals surface area contributed by atoms with Crippen LogP contribution in [0.4, 0.5) is 23.4 Å². The van der Waals surface area contributed by atoms with Gasteiger partial charge in [-0.15, -0.1) is 0 Å². The Morgan fingerprint density at radius 2 is 1.79 bits per heavy atom. The van der Waals surface area contributed by atoms with Crippen molar-refractivity contribution in [1.82, 2.24) is 9.97 Å². The Bertz CT molecular complexity index is 1170. The van der Waals surface area contributed by atoms with Crippen LogP contribution in [0, 0.1) is 11.3 Å². The Labute approximate surface area is 234 Å². The summed E-state index contributed by atoms with van der Waals surface area (Å²) in [5.74, 6) is -2.40. The zero-order valence-corrected chi connectivity index (χ0v) is 23.8. The van der Waals surface area contributed by atoms with Crippen LogP contribution in [-0.2, 0) is 20.9 Å². The molecule has 2 aromatic heterocycles. The van der Waals surface area contributed by atoms with Crippen LogP contribution in [0.25, 0.3) is 0 Å². The highest BCUT2D eigenvalue weighted by atomic mass is 79.9. The molecule has 0 N–H and O–H groups in total. The van der Waals surface area contributed by atoms with E-state index in [-0.39, 0.29) is 34.6 Å². The summed E-state index contributed by atoms with van der Waals surface area (Å²) in [5, 5.41) is 0. The second-order valence-corrected chi connectivity index (χ2v) is 13.1.